The van der Waals surface area contributed by atoms with Gasteiger partial charge in [-0.05, 0) is 101 Å². The number of pyridine rings is 1. The molecule has 10 rings (SSSR count). The molecular weight excluding hydrogens is 635 g/mol. The van der Waals surface area contributed by atoms with Gasteiger partial charge in [-0.2, -0.15) is 0 Å². The van der Waals surface area contributed by atoms with Gasteiger partial charge in [0.05, 0.1) is 16.8 Å². The second kappa shape index (κ2) is 11.7. The number of fused-ring (bicyclic) bond motifs is 9. The van der Waals surface area contributed by atoms with Crippen LogP contribution >= 0.6 is 0 Å². The highest BCUT2D eigenvalue weighted by atomic mass is 16.5. The Kier molecular flexibility index (Phi) is 6.80. The molecule has 0 saturated heterocycles. The quantitative estimate of drug-likeness (QED) is 0.187. The van der Waals surface area contributed by atoms with E-state index in [9.17, 15) is 0 Å². The van der Waals surface area contributed by atoms with Crippen LogP contribution in [-0.4, -0.2) is 15.0 Å². The molecule has 0 N–H and O–H groups in total. The molecule has 1 spiro atoms. The van der Waals surface area contributed by atoms with E-state index in [1.165, 1.54) is 38.9 Å². The van der Waals surface area contributed by atoms with E-state index in [4.69, 9.17) is 14.7 Å². The number of ether oxygens (including phenoxy) is 1. The van der Waals surface area contributed by atoms with Gasteiger partial charge in [-0.1, -0.05) is 109 Å². The summed E-state index contributed by atoms with van der Waals surface area (Å²) in [6.07, 6.45) is 3.83. The molecule has 0 saturated carbocycles. The normalized spacial score (nSPS) is 15.0. The number of nitrogens with zero attached hydrogens (tertiary/aromatic N) is 3. The van der Waals surface area contributed by atoms with Crippen LogP contribution in [0.4, 0.5) is 0 Å². The lowest BCUT2D eigenvalue weighted by Gasteiger charge is -2.39. The maximum atomic E-state index is 6.77. The van der Waals surface area contributed by atoms with Crippen LogP contribution in [0.25, 0.3) is 55.9 Å². The number of aryl methyl sites for hydroxylation is 2. The zero-order valence-corrected chi connectivity index (χ0v) is 28.8. The predicted octanol–water partition coefficient (Wildman–Crippen LogP) is 11.6. The molecule has 0 fully saturated rings. The fourth-order valence-electron chi connectivity index (χ4n) is 8.42. The minimum atomic E-state index is -0.633. The molecule has 2 aromatic heterocycles. The van der Waals surface area contributed by atoms with Crippen molar-refractivity contribution in [3.05, 3.63) is 198 Å². The predicted molar refractivity (Wildman–Crippen MR) is 208 cm³/mol. The van der Waals surface area contributed by atoms with E-state index in [2.05, 4.69) is 145 Å². The fourth-order valence-corrected chi connectivity index (χ4v) is 8.42. The third-order valence-electron chi connectivity index (χ3n) is 10.7. The summed E-state index contributed by atoms with van der Waals surface area (Å²) < 4.78 is 6.77. The van der Waals surface area contributed by atoms with Gasteiger partial charge in [-0.15, -0.1) is 0 Å². The summed E-state index contributed by atoms with van der Waals surface area (Å²) in [6, 6.07) is 54.1. The Balaban J connectivity index is 1.24. The molecule has 1 unspecified atom stereocenters. The molecular formula is C48H33N3O. The molecule has 52 heavy (non-hydrogen) atoms. The summed E-state index contributed by atoms with van der Waals surface area (Å²) in [4.78, 5) is 14.3. The van der Waals surface area contributed by atoms with Crippen molar-refractivity contribution < 1.29 is 4.74 Å². The first kappa shape index (κ1) is 30.2. The van der Waals surface area contributed by atoms with E-state index < -0.39 is 5.41 Å². The number of aromatic nitrogens is 3. The lowest BCUT2D eigenvalue weighted by Crippen LogP contribution is -2.32. The molecule has 0 amide bonds. The average molecular weight is 668 g/mol. The summed E-state index contributed by atoms with van der Waals surface area (Å²) in [5.41, 5.74) is 16.2. The highest BCUT2D eigenvalue weighted by molar-refractivity contribution is 5.93. The van der Waals surface area contributed by atoms with Crippen molar-refractivity contribution in [3.8, 4) is 67.4 Å². The fraction of sp³-hybridized carbons (Fsp3) is 0.0625. The van der Waals surface area contributed by atoms with E-state index in [-0.39, 0.29) is 0 Å². The smallest absolute Gasteiger partial charge is 0.132 e. The highest BCUT2D eigenvalue weighted by Gasteiger charge is 2.51. The minimum Gasteiger partial charge on any atom is -0.457 e. The standard InChI is InChI=1S/C48H33N3O/c1-30-24-25-49-29-39(30)36-15-7-6-14-35(36)33-20-22-38-37-16-8-9-17-40(37)48(42(38)26-33)41-18-10-11-19-46(41)52-47-23-21-34(27-43(47)48)45-28-44(50-31(2)51-45)32-12-4-3-5-13-32/h3-29H,1-2H3. The number of benzene rings is 6. The maximum Gasteiger partial charge on any atom is 0.132 e. The Morgan fingerprint density at radius 3 is 1.90 bits per heavy atom. The second-order valence-corrected chi connectivity index (χ2v) is 13.7. The van der Waals surface area contributed by atoms with Crippen molar-refractivity contribution in [2.75, 3.05) is 0 Å². The topological polar surface area (TPSA) is 47.9 Å². The molecule has 246 valence electrons. The maximum absolute atomic E-state index is 6.77. The molecule has 4 nitrogen and oxygen atoms in total. The van der Waals surface area contributed by atoms with Crippen molar-refractivity contribution in [3.63, 3.8) is 0 Å². The lowest BCUT2D eigenvalue weighted by molar-refractivity contribution is 0.436. The molecule has 1 atom stereocenters. The first-order chi connectivity index (χ1) is 25.6. The zero-order valence-electron chi connectivity index (χ0n) is 28.8. The van der Waals surface area contributed by atoms with Gasteiger partial charge in [0, 0.05) is 40.2 Å². The van der Waals surface area contributed by atoms with Crippen LogP contribution in [0.15, 0.2) is 164 Å². The van der Waals surface area contributed by atoms with Gasteiger partial charge in [0.1, 0.15) is 17.3 Å². The van der Waals surface area contributed by atoms with E-state index in [1.54, 1.807) is 0 Å². The molecule has 1 aliphatic heterocycles. The summed E-state index contributed by atoms with van der Waals surface area (Å²) in [7, 11) is 0. The summed E-state index contributed by atoms with van der Waals surface area (Å²) in [5, 5.41) is 0. The van der Waals surface area contributed by atoms with Gasteiger partial charge < -0.3 is 4.74 Å². The first-order valence-corrected chi connectivity index (χ1v) is 17.7. The van der Waals surface area contributed by atoms with Gasteiger partial charge in [0.2, 0.25) is 0 Å². The number of para-hydroxylation sites is 1. The number of hydrogen-bond donors (Lipinski definition) is 0. The largest absolute Gasteiger partial charge is 0.457 e. The molecule has 1 aliphatic carbocycles. The van der Waals surface area contributed by atoms with Crippen LogP contribution in [0.1, 0.15) is 33.6 Å². The minimum absolute atomic E-state index is 0.633. The van der Waals surface area contributed by atoms with Crippen LogP contribution in [0.3, 0.4) is 0 Å². The lowest BCUT2D eigenvalue weighted by atomic mass is 9.65. The van der Waals surface area contributed by atoms with Crippen molar-refractivity contribution in [1.29, 1.82) is 0 Å². The third kappa shape index (κ3) is 4.51. The van der Waals surface area contributed by atoms with Gasteiger partial charge >= 0.3 is 0 Å². The van der Waals surface area contributed by atoms with Crippen molar-refractivity contribution in [1.82, 2.24) is 15.0 Å². The Morgan fingerprint density at radius 1 is 0.442 bits per heavy atom. The van der Waals surface area contributed by atoms with Gasteiger partial charge in [-0.25, -0.2) is 9.97 Å². The van der Waals surface area contributed by atoms with E-state index in [0.29, 0.717) is 0 Å². The molecule has 6 aromatic carbocycles. The van der Waals surface area contributed by atoms with Gasteiger partial charge in [-0.3, -0.25) is 4.98 Å². The third-order valence-corrected chi connectivity index (χ3v) is 10.7. The Hall–Kier alpha value is -6.65. The average Bonchev–Trinajstić information content (AvgIpc) is 3.48. The van der Waals surface area contributed by atoms with Gasteiger partial charge in [0.25, 0.3) is 0 Å². The highest BCUT2D eigenvalue weighted by Crippen LogP contribution is 2.62. The molecule has 2 aliphatic rings. The van der Waals surface area contributed by atoms with Crippen LogP contribution in [0.2, 0.25) is 0 Å². The van der Waals surface area contributed by atoms with Crippen LogP contribution in [-0.2, 0) is 5.41 Å². The van der Waals surface area contributed by atoms with Crippen LogP contribution in [0, 0.1) is 13.8 Å². The zero-order chi connectivity index (χ0) is 34.8. The van der Waals surface area contributed by atoms with E-state index >= 15 is 0 Å². The molecule has 8 aromatic rings. The van der Waals surface area contributed by atoms with Crippen molar-refractivity contribution >= 4 is 0 Å². The van der Waals surface area contributed by atoms with E-state index in [0.717, 1.165) is 62.1 Å². The van der Waals surface area contributed by atoms with Crippen LogP contribution in [0.5, 0.6) is 11.5 Å². The molecule has 4 heteroatoms. The number of rotatable bonds is 4. The second-order valence-electron chi connectivity index (χ2n) is 13.7. The van der Waals surface area contributed by atoms with E-state index in [1.807, 2.05) is 37.5 Å². The Morgan fingerprint density at radius 2 is 1.08 bits per heavy atom. The summed E-state index contributed by atoms with van der Waals surface area (Å²) in [5.74, 6) is 2.44. The summed E-state index contributed by atoms with van der Waals surface area (Å²) in [6.45, 7) is 4.11. The monoisotopic (exact) mass is 667 g/mol. The number of hydrogen-bond acceptors (Lipinski definition) is 4. The van der Waals surface area contributed by atoms with Crippen LogP contribution < -0.4 is 4.74 Å². The molecule has 3 heterocycles. The first-order valence-electron chi connectivity index (χ1n) is 17.7. The van der Waals surface area contributed by atoms with Crippen molar-refractivity contribution in [2.45, 2.75) is 19.3 Å². The SMILES string of the molecule is Cc1nc(-c2ccccc2)cc(-c2ccc3c(c2)C2(c4ccccc4O3)c3ccccc3-c3ccc(-c4ccccc4-c4cnccc4C)cc32)n1. The molecule has 0 bridgehead atoms. The summed E-state index contributed by atoms with van der Waals surface area (Å²) >= 11 is 0. The van der Waals surface area contributed by atoms with Crippen molar-refractivity contribution in [2.24, 2.45) is 0 Å². The molecule has 0 radical (unpaired) electrons. The Labute approximate surface area is 303 Å². The van der Waals surface area contributed by atoms with Gasteiger partial charge in [0.15, 0.2) is 0 Å². The Bertz CT molecular complexity index is 2700.